The molecule has 0 N–H and O–H groups in total. The van der Waals surface area contributed by atoms with E-state index in [0.29, 0.717) is 6.42 Å². The Labute approximate surface area is 88.2 Å². The van der Waals surface area contributed by atoms with Gasteiger partial charge in [0.15, 0.2) is 0 Å². The summed E-state index contributed by atoms with van der Waals surface area (Å²) in [5.74, 6) is 0. The van der Waals surface area contributed by atoms with Crippen LogP contribution in [0.3, 0.4) is 0 Å². The van der Waals surface area contributed by atoms with Crippen LogP contribution in [0.5, 0.6) is 0 Å². The Balaban J connectivity index is 3.04. The monoisotopic (exact) mass is 237 g/mol. The summed E-state index contributed by atoms with van der Waals surface area (Å²) in [5.41, 5.74) is 0. The van der Waals surface area contributed by atoms with Gasteiger partial charge in [0.1, 0.15) is 0 Å². The van der Waals surface area contributed by atoms with Crippen LogP contribution in [0.4, 0.5) is 0 Å². The fraction of sp³-hybridized carbons (Fsp3) is 1.00. The molecule has 0 atom stereocenters. The zero-order valence-electron chi connectivity index (χ0n) is 5.37. The normalized spacial score (nSPS) is 11.8. The Morgan fingerprint density at radius 3 is 2.20 bits per heavy atom. The molecule has 1 nitrogen and oxygen atoms in total. The third-order valence-corrected chi connectivity index (χ3v) is 1.84. The predicted octanol–water partition coefficient (Wildman–Crippen LogP) is 3.01. The van der Waals surface area contributed by atoms with Crippen LogP contribution in [0.15, 0.2) is 0 Å². The van der Waals surface area contributed by atoms with Crippen molar-refractivity contribution in [1.82, 2.24) is 0 Å². The van der Waals surface area contributed by atoms with Crippen molar-refractivity contribution in [3.05, 3.63) is 0 Å². The van der Waals surface area contributed by atoms with E-state index in [9.17, 15) is 0 Å². The van der Waals surface area contributed by atoms with Crippen molar-refractivity contribution < 1.29 is 24.1 Å². The van der Waals surface area contributed by atoms with Gasteiger partial charge in [0.25, 0.3) is 0 Å². The van der Waals surface area contributed by atoms with Crippen molar-refractivity contribution in [3.8, 4) is 0 Å². The van der Waals surface area contributed by atoms with Crippen molar-refractivity contribution in [2.24, 2.45) is 0 Å². The average Bonchev–Trinajstić information content (AvgIpc) is 1.78. The maximum absolute atomic E-state index is 5.50. The van der Waals surface area contributed by atoms with Gasteiger partial charge in [0.05, 0.1) is 0 Å². The molecule has 0 radical (unpaired) electrons. The van der Waals surface area contributed by atoms with Crippen molar-refractivity contribution in [2.45, 2.75) is 23.1 Å². The molecular formula is C5H8Cl3OTi. The van der Waals surface area contributed by atoms with Crippen molar-refractivity contribution in [2.75, 3.05) is 6.61 Å². The fourth-order valence-electron chi connectivity index (χ4n) is 0.500. The first kappa shape index (κ1) is 11.5. The molecule has 0 aromatic rings. The summed E-state index contributed by atoms with van der Waals surface area (Å²) in [5, 5.41) is 0. The molecule has 0 heterocycles. The molecule has 0 aliphatic heterocycles. The van der Waals surface area contributed by atoms with Gasteiger partial charge in [-0.1, -0.05) is 0 Å². The molecule has 59 valence electrons. The van der Waals surface area contributed by atoms with Crippen LogP contribution in [0.2, 0.25) is 0 Å². The van der Waals surface area contributed by atoms with Crippen LogP contribution in [0.25, 0.3) is 0 Å². The second kappa shape index (κ2) is 6.10. The van der Waals surface area contributed by atoms with E-state index in [1.54, 1.807) is 20.8 Å². The van der Waals surface area contributed by atoms with Gasteiger partial charge in [0.2, 0.25) is 0 Å². The Morgan fingerprint density at radius 1 is 1.20 bits per heavy atom. The van der Waals surface area contributed by atoms with Gasteiger partial charge in [-0.3, -0.25) is 0 Å². The first-order chi connectivity index (χ1) is 4.56. The van der Waals surface area contributed by atoms with Crippen molar-refractivity contribution in [1.29, 1.82) is 0 Å². The average molecular weight is 238 g/mol. The molecule has 5 heteroatoms. The Morgan fingerprint density at radius 2 is 1.80 bits per heavy atom. The maximum atomic E-state index is 5.50. The standard InChI is InChI=1S/C5H8Cl3O.Ti/c6-5(7,8)3-1-2-4-9;/h1-4H2;/q-1;+1. The SMILES string of the molecule is ClC(Cl)(Cl)CCCC[O][Ti]. The first-order valence-corrected chi connectivity index (χ1v) is 4.68. The van der Waals surface area contributed by atoms with Crippen LogP contribution in [-0.2, 0) is 24.1 Å². The molecule has 0 saturated carbocycles. The molecule has 0 unspecified atom stereocenters. The molecule has 0 aromatic heterocycles. The van der Waals surface area contributed by atoms with Gasteiger partial charge < -0.3 is 0 Å². The number of unbranched alkanes of at least 4 members (excludes halogenated alkanes) is 1. The zero-order chi connectivity index (χ0) is 8.04. The molecule has 10 heavy (non-hydrogen) atoms. The summed E-state index contributed by atoms with van der Waals surface area (Å²) in [6, 6.07) is 0. The number of alkyl halides is 3. The van der Waals surface area contributed by atoms with Crippen LogP contribution in [-0.4, -0.2) is 10.4 Å². The quantitative estimate of drug-likeness (QED) is 0.415. The molecule has 0 bridgehead atoms. The number of halogens is 3. The molecule has 0 aliphatic carbocycles. The second-order valence-electron chi connectivity index (χ2n) is 1.92. The summed E-state index contributed by atoms with van der Waals surface area (Å²) in [6.07, 6.45) is 2.44. The first-order valence-electron chi connectivity index (χ1n) is 2.91. The third-order valence-electron chi connectivity index (χ3n) is 0.957. The molecule has 0 aliphatic rings. The van der Waals surface area contributed by atoms with E-state index >= 15 is 0 Å². The van der Waals surface area contributed by atoms with Gasteiger partial charge in [-0.2, -0.15) is 0 Å². The van der Waals surface area contributed by atoms with Crippen molar-refractivity contribution >= 4 is 34.8 Å². The minimum absolute atomic E-state index is 0.598. The number of hydrogen-bond acceptors (Lipinski definition) is 1. The van der Waals surface area contributed by atoms with Crippen molar-refractivity contribution in [3.63, 3.8) is 0 Å². The topological polar surface area (TPSA) is 9.23 Å². The summed E-state index contributed by atoms with van der Waals surface area (Å²) in [7, 11) is 0. The summed E-state index contributed by atoms with van der Waals surface area (Å²) in [6.45, 7) is 0.737. The van der Waals surface area contributed by atoms with E-state index in [1.807, 2.05) is 0 Å². The summed E-state index contributed by atoms with van der Waals surface area (Å²) >= 11 is 18.2. The van der Waals surface area contributed by atoms with Crippen LogP contribution >= 0.6 is 34.8 Å². The van der Waals surface area contributed by atoms with Crippen LogP contribution < -0.4 is 0 Å². The van der Waals surface area contributed by atoms with Gasteiger partial charge in [-0.05, 0) is 0 Å². The summed E-state index contributed by atoms with van der Waals surface area (Å²) < 4.78 is 3.74. The molecule has 0 aromatic carbocycles. The van der Waals surface area contributed by atoms with E-state index in [-0.39, 0.29) is 0 Å². The van der Waals surface area contributed by atoms with Gasteiger partial charge in [-0.25, -0.2) is 0 Å². The third kappa shape index (κ3) is 9.54. The minimum atomic E-state index is -1.09. The number of rotatable bonds is 4. The molecule has 0 fully saturated rings. The van der Waals surface area contributed by atoms with E-state index in [1.165, 1.54) is 0 Å². The van der Waals surface area contributed by atoms with E-state index in [4.69, 9.17) is 38.1 Å². The molecular weight excluding hydrogens is 230 g/mol. The van der Waals surface area contributed by atoms with Gasteiger partial charge in [-0.15, -0.1) is 0 Å². The Bertz CT molecular complexity index is 83.5. The summed E-state index contributed by atoms with van der Waals surface area (Å²) in [4.78, 5) is 0. The van der Waals surface area contributed by atoms with Crippen LogP contribution in [0, 0.1) is 0 Å². The zero-order valence-corrected chi connectivity index (χ0v) is 9.20. The second-order valence-corrected chi connectivity index (χ2v) is 4.89. The Hall–Kier alpha value is 1.54. The molecule has 0 spiro atoms. The van der Waals surface area contributed by atoms with E-state index in [0.717, 1.165) is 19.4 Å². The van der Waals surface area contributed by atoms with E-state index in [2.05, 4.69) is 0 Å². The number of hydrogen-bond donors (Lipinski definition) is 0. The Kier molecular flexibility index (Phi) is 7.05. The fourth-order valence-corrected chi connectivity index (χ4v) is 1.13. The van der Waals surface area contributed by atoms with Crippen LogP contribution in [0.1, 0.15) is 19.3 Å². The predicted molar refractivity (Wildman–Crippen MR) is 40.1 cm³/mol. The molecule has 0 amide bonds. The van der Waals surface area contributed by atoms with E-state index < -0.39 is 3.79 Å². The molecule has 0 saturated heterocycles. The van der Waals surface area contributed by atoms with Gasteiger partial charge in [0, 0.05) is 0 Å². The molecule has 0 rings (SSSR count). The van der Waals surface area contributed by atoms with Gasteiger partial charge >= 0.3 is 88.6 Å².